The number of thiazole rings is 1. The van der Waals surface area contributed by atoms with Gasteiger partial charge in [0, 0.05) is 17.1 Å². The summed E-state index contributed by atoms with van der Waals surface area (Å²) in [4.78, 5) is 4.59. The molecule has 1 aromatic carbocycles. The molecule has 1 heterocycles. The second kappa shape index (κ2) is 3.85. The number of hydrogen-bond donors (Lipinski definition) is 1. The number of halogens is 1. The molecule has 1 aliphatic rings. The first kappa shape index (κ1) is 9.75. The lowest BCUT2D eigenvalue weighted by Crippen LogP contribution is -2.14. The molecule has 1 aliphatic carbocycles. The van der Waals surface area contributed by atoms with Crippen molar-refractivity contribution in [2.75, 3.05) is 0 Å². The van der Waals surface area contributed by atoms with Gasteiger partial charge in [0.05, 0.1) is 10.2 Å². The SMILES string of the molecule is Brc1ccc2nc(CNC3CC3)sc2c1. The van der Waals surface area contributed by atoms with Gasteiger partial charge in [-0.25, -0.2) is 4.98 Å². The van der Waals surface area contributed by atoms with Crippen molar-refractivity contribution in [3.8, 4) is 0 Å². The molecule has 1 saturated carbocycles. The Labute approximate surface area is 101 Å². The zero-order chi connectivity index (χ0) is 10.3. The highest BCUT2D eigenvalue weighted by molar-refractivity contribution is 9.10. The highest BCUT2D eigenvalue weighted by atomic mass is 79.9. The fourth-order valence-corrected chi connectivity index (χ4v) is 3.01. The van der Waals surface area contributed by atoms with Crippen molar-refractivity contribution in [3.05, 3.63) is 27.7 Å². The van der Waals surface area contributed by atoms with Crippen LogP contribution in [0.4, 0.5) is 0 Å². The molecule has 0 amide bonds. The lowest BCUT2D eigenvalue weighted by atomic mass is 10.3. The van der Waals surface area contributed by atoms with E-state index in [4.69, 9.17) is 0 Å². The van der Waals surface area contributed by atoms with Gasteiger partial charge in [-0.1, -0.05) is 15.9 Å². The Kier molecular flexibility index (Phi) is 2.50. The van der Waals surface area contributed by atoms with Crippen LogP contribution in [0.1, 0.15) is 17.8 Å². The number of benzene rings is 1. The zero-order valence-electron chi connectivity index (χ0n) is 8.16. The molecule has 0 saturated heterocycles. The van der Waals surface area contributed by atoms with Crippen molar-refractivity contribution in [1.82, 2.24) is 10.3 Å². The topological polar surface area (TPSA) is 24.9 Å². The predicted molar refractivity (Wildman–Crippen MR) is 67.2 cm³/mol. The summed E-state index contributed by atoms with van der Waals surface area (Å²) < 4.78 is 2.39. The highest BCUT2D eigenvalue weighted by Gasteiger charge is 2.20. The number of nitrogens with zero attached hydrogens (tertiary/aromatic N) is 1. The number of aromatic nitrogens is 1. The van der Waals surface area contributed by atoms with Crippen LogP contribution in [-0.4, -0.2) is 11.0 Å². The van der Waals surface area contributed by atoms with Crippen molar-refractivity contribution < 1.29 is 0 Å². The molecular weight excluding hydrogens is 272 g/mol. The fourth-order valence-electron chi connectivity index (χ4n) is 1.54. The Morgan fingerprint density at radius 1 is 1.47 bits per heavy atom. The molecule has 78 valence electrons. The third-order valence-electron chi connectivity index (χ3n) is 2.51. The summed E-state index contributed by atoms with van der Waals surface area (Å²) in [6.45, 7) is 0.918. The molecule has 3 rings (SSSR count). The molecule has 0 aliphatic heterocycles. The summed E-state index contributed by atoms with van der Waals surface area (Å²) in [5, 5.41) is 4.67. The van der Waals surface area contributed by atoms with Crippen molar-refractivity contribution in [3.63, 3.8) is 0 Å². The molecule has 4 heteroatoms. The minimum absolute atomic E-state index is 0.753. The van der Waals surface area contributed by atoms with E-state index in [1.54, 1.807) is 11.3 Å². The van der Waals surface area contributed by atoms with Gasteiger partial charge in [-0.15, -0.1) is 11.3 Å². The Morgan fingerprint density at radius 3 is 3.13 bits per heavy atom. The van der Waals surface area contributed by atoms with Crippen LogP contribution >= 0.6 is 27.3 Å². The molecule has 15 heavy (non-hydrogen) atoms. The quantitative estimate of drug-likeness (QED) is 0.934. The normalized spacial score (nSPS) is 16.1. The fraction of sp³-hybridized carbons (Fsp3) is 0.364. The molecule has 2 aromatic rings. The van der Waals surface area contributed by atoms with Crippen molar-refractivity contribution in [2.45, 2.75) is 25.4 Å². The zero-order valence-corrected chi connectivity index (χ0v) is 10.6. The van der Waals surface area contributed by atoms with Gasteiger partial charge >= 0.3 is 0 Å². The average molecular weight is 283 g/mol. The van der Waals surface area contributed by atoms with Gasteiger partial charge in [0.1, 0.15) is 5.01 Å². The third kappa shape index (κ3) is 2.22. The summed E-state index contributed by atoms with van der Waals surface area (Å²) in [5.41, 5.74) is 1.11. The third-order valence-corrected chi connectivity index (χ3v) is 4.03. The van der Waals surface area contributed by atoms with Gasteiger partial charge in [0.25, 0.3) is 0 Å². The molecule has 0 spiro atoms. The monoisotopic (exact) mass is 282 g/mol. The predicted octanol–water partition coefficient (Wildman–Crippen LogP) is 3.31. The first-order valence-corrected chi connectivity index (χ1v) is 6.70. The standard InChI is InChI=1S/C11H11BrN2S/c12-7-1-4-9-10(5-7)15-11(14-9)6-13-8-2-3-8/h1,4-5,8,13H,2-3,6H2. The summed E-state index contributed by atoms with van der Waals surface area (Å²) in [5.74, 6) is 0. The minimum Gasteiger partial charge on any atom is -0.308 e. The van der Waals surface area contributed by atoms with E-state index in [-0.39, 0.29) is 0 Å². The van der Waals surface area contributed by atoms with Gasteiger partial charge in [0.2, 0.25) is 0 Å². The van der Waals surface area contributed by atoms with Gasteiger partial charge < -0.3 is 5.32 Å². The lowest BCUT2D eigenvalue weighted by Gasteiger charge is -1.96. The maximum Gasteiger partial charge on any atom is 0.108 e. The number of fused-ring (bicyclic) bond motifs is 1. The summed E-state index contributed by atoms with van der Waals surface area (Å²) in [7, 11) is 0. The molecule has 1 fully saturated rings. The van der Waals surface area contributed by atoms with Gasteiger partial charge in [-0.2, -0.15) is 0 Å². The van der Waals surface area contributed by atoms with Crippen LogP contribution in [0.5, 0.6) is 0 Å². The molecule has 0 bridgehead atoms. The summed E-state index contributed by atoms with van der Waals surface area (Å²) >= 11 is 5.25. The van der Waals surface area contributed by atoms with Gasteiger partial charge in [-0.05, 0) is 31.0 Å². The summed E-state index contributed by atoms with van der Waals surface area (Å²) in [6, 6.07) is 6.99. The van der Waals surface area contributed by atoms with Crippen LogP contribution in [0.15, 0.2) is 22.7 Å². The number of hydrogen-bond acceptors (Lipinski definition) is 3. The number of nitrogens with one attached hydrogen (secondary N) is 1. The van der Waals surface area contributed by atoms with Crippen LogP contribution < -0.4 is 5.32 Å². The van der Waals surface area contributed by atoms with E-state index in [9.17, 15) is 0 Å². The Balaban J connectivity index is 1.84. The van der Waals surface area contributed by atoms with E-state index in [0.29, 0.717) is 0 Å². The second-order valence-electron chi connectivity index (χ2n) is 3.87. The Bertz CT molecular complexity index is 490. The van der Waals surface area contributed by atoms with Crippen molar-refractivity contribution in [2.24, 2.45) is 0 Å². The molecule has 0 unspecified atom stereocenters. The van der Waals surface area contributed by atoms with E-state index in [0.717, 1.165) is 22.6 Å². The van der Waals surface area contributed by atoms with E-state index in [1.165, 1.54) is 22.5 Å². The van der Waals surface area contributed by atoms with E-state index in [1.807, 2.05) is 6.07 Å². The van der Waals surface area contributed by atoms with E-state index in [2.05, 4.69) is 38.4 Å². The van der Waals surface area contributed by atoms with Crippen LogP contribution in [0.25, 0.3) is 10.2 Å². The van der Waals surface area contributed by atoms with E-state index >= 15 is 0 Å². The largest absolute Gasteiger partial charge is 0.308 e. The van der Waals surface area contributed by atoms with Crippen molar-refractivity contribution in [1.29, 1.82) is 0 Å². The molecule has 0 atom stereocenters. The maximum absolute atomic E-state index is 4.59. The molecule has 2 nitrogen and oxygen atoms in total. The maximum atomic E-state index is 4.59. The lowest BCUT2D eigenvalue weighted by molar-refractivity contribution is 0.685. The van der Waals surface area contributed by atoms with Crippen LogP contribution in [0.2, 0.25) is 0 Å². The first-order chi connectivity index (χ1) is 7.31. The average Bonchev–Trinajstić information content (AvgIpc) is 2.95. The van der Waals surface area contributed by atoms with Crippen LogP contribution in [0.3, 0.4) is 0 Å². The number of rotatable bonds is 3. The molecule has 0 radical (unpaired) electrons. The Morgan fingerprint density at radius 2 is 2.33 bits per heavy atom. The van der Waals surface area contributed by atoms with Gasteiger partial charge in [0.15, 0.2) is 0 Å². The second-order valence-corrected chi connectivity index (χ2v) is 5.91. The smallest absolute Gasteiger partial charge is 0.108 e. The molecule has 1 aromatic heterocycles. The minimum atomic E-state index is 0.753. The molecular formula is C11H11BrN2S. The molecule has 1 N–H and O–H groups in total. The summed E-state index contributed by atoms with van der Waals surface area (Å²) in [6.07, 6.45) is 2.66. The van der Waals surface area contributed by atoms with Gasteiger partial charge in [-0.3, -0.25) is 0 Å². The van der Waals surface area contributed by atoms with Crippen LogP contribution in [-0.2, 0) is 6.54 Å². The first-order valence-electron chi connectivity index (χ1n) is 5.09. The van der Waals surface area contributed by atoms with Crippen molar-refractivity contribution >= 4 is 37.5 Å². The van der Waals surface area contributed by atoms with E-state index < -0.39 is 0 Å². The highest BCUT2D eigenvalue weighted by Crippen LogP contribution is 2.26. The Hall–Kier alpha value is -0.450. The van der Waals surface area contributed by atoms with Crippen LogP contribution in [0, 0.1) is 0 Å².